The third-order valence-corrected chi connectivity index (χ3v) is 2.83. The average Bonchev–Trinajstić information content (AvgIpc) is 2.40. The molecule has 0 aromatic heterocycles. The predicted molar refractivity (Wildman–Crippen MR) is 66.8 cm³/mol. The van der Waals surface area contributed by atoms with Crippen molar-refractivity contribution in [3.8, 4) is 0 Å². The molecule has 114 valence electrons. The molecule has 0 aliphatic heterocycles. The van der Waals surface area contributed by atoms with Crippen molar-refractivity contribution in [3.63, 3.8) is 0 Å². The van der Waals surface area contributed by atoms with E-state index in [-0.39, 0.29) is 13.0 Å². The summed E-state index contributed by atoms with van der Waals surface area (Å²) in [5, 5.41) is 21.4. The molecular formula is C12H12F2N2O5. The van der Waals surface area contributed by atoms with Crippen molar-refractivity contribution >= 4 is 17.6 Å². The molecule has 0 saturated heterocycles. The summed E-state index contributed by atoms with van der Waals surface area (Å²) in [4.78, 5) is 31.7. The smallest absolute Gasteiger partial charge is 0.308 e. The quantitative estimate of drug-likeness (QED) is 0.614. The second kappa shape index (κ2) is 6.73. The lowest BCUT2D eigenvalue weighted by Crippen LogP contribution is -2.33. The van der Waals surface area contributed by atoms with Gasteiger partial charge in [0, 0.05) is 6.54 Å². The Balaban J connectivity index is 2.91. The van der Waals surface area contributed by atoms with E-state index in [4.69, 9.17) is 5.11 Å². The van der Waals surface area contributed by atoms with Gasteiger partial charge in [-0.05, 0) is 12.5 Å². The Morgan fingerprint density at radius 3 is 2.48 bits per heavy atom. The topological polar surface area (TPSA) is 110 Å². The van der Waals surface area contributed by atoms with E-state index in [1.807, 2.05) is 0 Å². The summed E-state index contributed by atoms with van der Waals surface area (Å²) < 4.78 is 26.9. The number of amides is 1. The van der Waals surface area contributed by atoms with E-state index in [1.165, 1.54) is 0 Å². The Labute approximate surface area is 117 Å². The summed E-state index contributed by atoms with van der Waals surface area (Å²) in [6.45, 7) is 1.33. The molecule has 2 N–H and O–H groups in total. The van der Waals surface area contributed by atoms with Gasteiger partial charge in [-0.3, -0.25) is 19.7 Å². The lowest BCUT2D eigenvalue weighted by atomic mass is 10.1. The Kier molecular flexibility index (Phi) is 5.28. The summed E-state index contributed by atoms with van der Waals surface area (Å²) in [6.07, 6.45) is 0.243. The molecule has 1 aromatic rings. The minimum atomic E-state index is -1.35. The summed E-state index contributed by atoms with van der Waals surface area (Å²) in [6, 6.07) is 0.712. The highest BCUT2D eigenvalue weighted by Gasteiger charge is 2.23. The maximum atomic E-state index is 13.6. The Morgan fingerprint density at radius 2 is 2.00 bits per heavy atom. The Morgan fingerprint density at radius 1 is 1.38 bits per heavy atom. The van der Waals surface area contributed by atoms with E-state index >= 15 is 0 Å². The summed E-state index contributed by atoms with van der Waals surface area (Å²) in [5.41, 5.74) is -1.81. The zero-order valence-corrected chi connectivity index (χ0v) is 10.9. The summed E-state index contributed by atoms with van der Waals surface area (Å²) in [7, 11) is 0. The first-order valence-corrected chi connectivity index (χ1v) is 5.92. The van der Waals surface area contributed by atoms with E-state index in [2.05, 4.69) is 5.32 Å². The van der Waals surface area contributed by atoms with Crippen LogP contribution < -0.4 is 5.32 Å². The Hall–Kier alpha value is -2.58. The molecule has 1 rings (SSSR count). The molecule has 1 aromatic carbocycles. The van der Waals surface area contributed by atoms with Crippen LogP contribution in [0.2, 0.25) is 0 Å². The number of carbonyl (C=O) groups excluding carboxylic acids is 1. The Bertz CT molecular complexity index is 591. The first-order chi connectivity index (χ1) is 9.77. The number of rotatable bonds is 6. The molecule has 0 aliphatic carbocycles. The molecule has 1 atom stereocenters. The van der Waals surface area contributed by atoms with Crippen LogP contribution in [0, 0.1) is 27.7 Å². The third-order valence-electron chi connectivity index (χ3n) is 2.83. The van der Waals surface area contributed by atoms with Crippen LogP contribution in [0.1, 0.15) is 23.7 Å². The van der Waals surface area contributed by atoms with Crippen molar-refractivity contribution < 1.29 is 28.4 Å². The summed E-state index contributed by atoms with van der Waals surface area (Å²) >= 11 is 0. The number of carboxylic acid groups (broad SMARTS) is 1. The zero-order chi connectivity index (χ0) is 16.2. The maximum Gasteiger partial charge on any atom is 0.308 e. The highest BCUT2D eigenvalue weighted by atomic mass is 19.1. The van der Waals surface area contributed by atoms with Crippen molar-refractivity contribution in [1.82, 2.24) is 5.32 Å². The van der Waals surface area contributed by atoms with Crippen molar-refractivity contribution in [1.29, 1.82) is 0 Å². The SMILES string of the molecule is CCC(CNC(=O)c1cc(F)c([N+](=O)[O-])cc1F)C(=O)O. The fourth-order valence-corrected chi connectivity index (χ4v) is 1.57. The first-order valence-electron chi connectivity index (χ1n) is 5.92. The molecule has 1 unspecified atom stereocenters. The lowest BCUT2D eigenvalue weighted by molar-refractivity contribution is -0.387. The normalized spacial score (nSPS) is 11.8. The fraction of sp³-hybridized carbons (Fsp3) is 0.333. The van der Waals surface area contributed by atoms with E-state index in [9.17, 15) is 28.5 Å². The van der Waals surface area contributed by atoms with Gasteiger partial charge in [-0.2, -0.15) is 4.39 Å². The number of aliphatic carboxylic acids is 1. The second-order valence-electron chi connectivity index (χ2n) is 4.19. The van der Waals surface area contributed by atoms with Gasteiger partial charge in [0.05, 0.1) is 22.5 Å². The molecule has 21 heavy (non-hydrogen) atoms. The molecule has 0 spiro atoms. The highest BCUT2D eigenvalue weighted by Crippen LogP contribution is 2.21. The number of carboxylic acids is 1. The minimum Gasteiger partial charge on any atom is -0.481 e. The average molecular weight is 302 g/mol. The van der Waals surface area contributed by atoms with E-state index in [0.717, 1.165) is 0 Å². The van der Waals surface area contributed by atoms with Crippen LogP contribution in [0.15, 0.2) is 12.1 Å². The number of carbonyl (C=O) groups is 2. The molecule has 7 nitrogen and oxygen atoms in total. The van der Waals surface area contributed by atoms with Gasteiger partial charge >= 0.3 is 11.7 Å². The van der Waals surface area contributed by atoms with Crippen LogP contribution >= 0.6 is 0 Å². The number of nitro groups is 1. The van der Waals surface area contributed by atoms with Gasteiger partial charge in [0.15, 0.2) is 0 Å². The van der Waals surface area contributed by atoms with Crippen molar-refractivity contribution in [3.05, 3.63) is 39.4 Å². The van der Waals surface area contributed by atoms with Crippen LogP contribution in [0.25, 0.3) is 0 Å². The number of nitrogens with one attached hydrogen (secondary N) is 1. The largest absolute Gasteiger partial charge is 0.481 e. The molecule has 0 radical (unpaired) electrons. The molecule has 0 heterocycles. The highest BCUT2D eigenvalue weighted by molar-refractivity contribution is 5.95. The van der Waals surface area contributed by atoms with E-state index in [0.29, 0.717) is 12.1 Å². The zero-order valence-electron chi connectivity index (χ0n) is 10.9. The second-order valence-corrected chi connectivity index (χ2v) is 4.19. The van der Waals surface area contributed by atoms with Crippen LogP contribution in [0.5, 0.6) is 0 Å². The molecule has 0 saturated carbocycles. The maximum absolute atomic E-state index is 13.6. The molecular weight excluding hydrogens is 290 g/mol. The number of hydrogen-bond donors (Lipinski definition) is 2. The van der Waals surface area contributed by atoms with Crippen molar-refractivity contribution in [2.75, 3.05) is 6.54 Å². The van der Waals surface area contributed by atoms with E-state index in [1.54, 1.807) is 6.92 Å². The molecule has 1 amide bonds. The van der Waals surface area contributed by atoms with Gasteiger partial charge in [0.1, 0.15) is 5.82 Å². The summed E-state index contributed by atoms with van der Waals surface area (Å²) in [5.74, 6) is -5.64. The van der Waals surface area contributed by atoms with Gasteiger partial charge < -0.3 is 10.4 Å². The van der Waals surface area contributed by atoms with Crippen LogP contribution in [-0.2, 0) is 4.79 Å². The number of hydrogen-bond acceptors (Lipinski definition) is 4. The predicted octanol–water partition coefficient (Wildman–Crippen LogP) is 1.71. The van der Waals surface area contributed by atoms with Gasteiger partial charge in [-0.1, -0.05) is 6.92 Å². The van der Waals surface area contributed by atoms with Gasteiger partial charge in [-0.25, -0.2) is 4.39 Å². The number of nitrogens with zero attached hydrogens (tertiary/aromatic N) is 1. The van der Waals surface area contributed by atoms with Gasteiger partial charge in [0.2, 0.25) is 5.82 Å². The van der Waals surface area contributed by atoms with Crippen LogP contribution in [0.3, 0.4) is 0 Å². The minimum absolute atomic E-state index is 0.243. The van der Waals surface area contributed by atoms with Crippen LogP contribution in [0.4, 0.5) is 14.5 Å². The van der Waals surface area contributed by atoms with Crippen molar-refractivity contribution in [2.24, 2.45) is 5.92 Å². The third kappa shape index (κ3) is 3.94. The fourth-order valence-electron chi connectivity index (χ4n) is 1.57. The van der Waals surface area contributed by atoms with Gasteiger partial charge in [-0.15, -0.1) is 0 Å². The van der Waals surface area contributed by atoms with Gasteiger partial charge in [0.25, 0.3) is 5.91 Å². The first kappa shape index (κ1) is 16.5. The number of halogens is 2. The monoisotopic (exact) mass is 302 g/mol. The van der Waals surface area contributed by atoms with Crippen molar-refractivity contribution in [2.45, 2.75) is 13.3 Å². The van der Waals surface area contributed by atoms with Crippen LogP contribution in [-0.4, -0.2) is 28.5 Å². The number of nitro benzene ring substituents is 1. The molecule has 0 fully saturated rings. The molecule has 9 heteroatoms. The molecule has 0 bridgehead atoms. The standard InChI is InChI=1S/C12H12F2N2O5/c1-2-6(12(18)19)5-15-11(17)7-3-9(14)10(16(20)21)4-8(7)13/h3-4,6H,2,5H2,1H3,(H,15,17)(H,18,19). The number of benzene rings is 1. The molecule has 0 aliphatic rings. The lowest BCUT2D eigenvalue weighted by Gasteiger charge is -2.11. The van der Waals surface area contributed by atoms with E-state index < -0.39 is 45.6 Å².